The number of nitrogens with zero attached hydrogens (tertiary/aromatic N) is 4. The molecule has 5 nitrogen and oxygen atoms in total. The number of benzene rings is 7. The lowest BCUT2D eigenvalue weighted by Gasteiger charge is -2.10. The molecule has 0 saturated carbocycles. The molecule has 0 aliphatic carbocycles. The quantitative estimate of drug-likeness (QED) is 0.180. The summed E-state index contributed by atoms with van der Waals surface area (Å²) in [6.07, 6.45) is 0. The van der Waals surface area contributed by atoms with Gasteiger partial charge in [0.1, 0.15) is 11.2 Å². The van der Waals surface area contributed by atoms with Crippen LogP contribution < -0.4 is 0 Å². The Kier molecular flexibility index (Phi) is 6.79. The van der Waals surface area contributed by atoms with Gasteiger partial charge in [0, 0.05) is 27.5 Å². The molecule has 0 aliphatic heterocycles. The Balaban J connectivity index is 0.951. The summed E-state index contributed by atoms with van der Waals surface area (Å²) < 4.78 is 8.79. The molecule has 252 valence electrons. The van der Waals surface area contributed by atoms with Gasteiger partial charge in [0.25, 0.3) is 0 Å². The molecular weight excluding hydrogens is 661 g/mol. The van der Waals surface area contributed by atoms with Gasteiger partial charge in [0.15, 0.2) is 5.82 Å². The number of para-hydroxylation sites is 2. The molecular formula is C49H30N4O. The first kappa shape index (κ1) is 30.3. The van der Waals surface area contributed by atoms with Crippen LogP contribution in [0.5, 0.6) is 0 Å². The van der Waals surface area contributed by atoms with E-state index in [2.05, 4.69) is 144 Å². The molecule has 0 unspecified atom stereocenters. The zero-order valence-corrected chi connectivity index (χ0v) is 29.0. The average Bonchev–Trinajstić information content (AvgIpc) is 3.83. The topological polar surface area (TPSA) is 56.2 Å². The van der Waals surface area contributed by atoms with Crippen molar-refractivity contribution in [1.82, 2.24) is 19.4 Å². The van der Waals surface area contributed by atoms with Crippen molar-refractivity contribution in [2.24, 2.45) is 0 Å². The smallest absolute Gasteiger partial charge is 0.215 e. The lowest BCUT2D eigenvalue weighted by molar-refractivity contribution is 0.650. The van der Waals surface area contributed by atoms with E-state index in [0.29, 0.717) is 5.82 Å². The van der Waals surface area contributed by atoms with Crippen molar-refractivity contribution in [3.8, 4) is 56.2 Å². The van der Waals surface area contributed by atoms with Crippen LogP contribution in [0.3, 0.4) is 0 Å². The molecule has 0 N–H and O–H groups in total. The number of pyridine rings is 1. The molecule has 0 saturated heterocycles. The summed E-state index contributed by atoms with van der Waals surface area (Å²) in [6.45, 7) is 0. The van der Waals surface area contributed by atoms with Crippen LogP contribution in [0.1, 0.15) is 0 Å². The Labute approximate surface area is 310 Å². The highest BCUT2D eigenvalue weighted by atomic mass is 16.3. The summed E-state index contributed by atoms with van der Waals surface area (Å²) >= 11 is 0. The molecule has 0 aliphatic rings. The van der Waals surface area contributed by atoms with Gasteiger partial charge in [-0.2, -0.15) is 0 Å². The number of aromatic nitrogens is 4. The molecule has 0 fully saturated rings. The average molecular weight is 691 g/mol. The zero-order valence-electron chi connectivity index (χ0n) is 29.0. The molecule has 7 aromatic carbocycles. The first-order chi connectivity index (χ1) is 26.7. The van der Waals surface area contributed by atoms with Gasteiger partial charge in [-0.15, -0.1) is 0 Å². The van der Waals surface area contributed by atoms with Gasteiger partial charge in [0.05, 0.1) is 27.8 Å². The van der Waals surface area contributed by atoms with Crippen LogP contribution in [0.2, 0.25) is 0 Å². The molecule has 11 aromatic rings. The predicted octanol–water partition coefficient (Wildman–Crippen LogP) is 12.7. The van der Waals surface area contributed by atoms with Crippen LogP contribution in [0, 0.1) is 0 Å². The highest BCUT2D eigenvalue weighted by Crippen LogP contribution is 2.40. The van der Waals surface area contributed by atoms with Gasteiger partial charge in [0.2, 0.25) is 5.71 Å². The van der Waals surface area contributed by atoms with Crippen LogP contribution in [0.15, 0.2) is 186 Å². The third-order valence-corrected chi connectivity index (χ3v) is 10.4. The third-order valence-electron chi connectivity index (χ3n) is 10.4. The number of hydrogen-bond acceptors (Lipinski definition) is 4. The summed E-state index contributed by atoms with van der Waals surface area (Å²) in [5.74, 6) is 0.713. The lowest BCUT2D eigenvalue weighted by Crippen LogP contribution is -1.95. The van der Waals surface area contributed by atoms with Crippen LogP contribution in [-0.2, 0) is 0 Å². The van der Waals surface area contributed by atoms with Crippen LogP contribution in [0.25, 0.3) is 106 Å². The molecule has 0 bridgehead atoms. The fraction of sp³-hybridized carbons (Fsp3) is 0. The van der Waals surface area contributed by atoms with E-state index in [9.17, 15) is 0 Å². The number of imidazole rings is 1. The van der Waals surface area contributed by atoms with E-state index >= 15 is 0 Å². The van der Waals surface area contributed by atoms with Gasteiger partial charge in [-0.05, 0) is 58.0 Å². The summed E-state index contributed by atoms with van der Waals surface area (Å²) in [4.78, 5) is 15.0. The van der Waals surface area contributed by atoms with E-state index in [1.54, 1.807) is 0 Å². The van der Waals surface area contributed by atoms with E-state index in [0.717, 1.165) is 99.9 Å². The number of fused-ring (bicyclic) bond motifs is 10. The Morgan fingerprint density at radius 3 is 1.63 bits per heavy atom. The Morgan fingerprint density at radius 2 is 0.926 bits per heavy atom. The molecule has 0 amide bonds. The molecule has 11 rings (SSSR count). The van der Waals surface area contributed by atoms with Gasteiger partial charge < -0.3 is 4.42 Å². The molecule has 54 heavy (non-hydrogen) atoms. The minimum Gasteiger partial charge on any atom is -0.439 e. The standard InChI is InChI=1S/C49H30N4O/c1-3-11-34(12-4-1)42-30-43(51-47(50-42)36-13-5-2-6-14-36)35-25-23-32(24-26-35)31-19-21-33(22-20-31)37-27-28-45-40(29-37)46-38-15-7-8-16-39(38)48-52-41-17-9-10-18-44(41)53(48)49(46)54-45/h1-30H. The summed E-state index contributed by atoms with van der Waals surface area (Å²) in [5, 5.41) is 4.44. The van der Waals surface area contributed by atoms with Gasteiger partial charge in [-0.3, -0.25) is 4.40 Å². The molecule has 4 aromatic heterocycles. The van der Waals surface area contributed by atoms with E-state index < -0.39 is 0 Å². The van der Waals surface area contributed by atoms with Crippen molar-refractivity contribution >= 4 is 49.5 Å². The highest BCUT2D eigenvalue weighted by molar-refractivity contribution is 6.22. The van der Waals surface area contributed by atoms with Gasteiger partial charge in [-0.25, -0.2) is 15.0 Å². The van der Waals surface area contributed by atoms with Crippen LogP contribution >= 0.6 is 0 Å². The maximum atomic E-state index is 6.62. The molecule has 0 atom stereocenters. The highest BCUT2D eigenvalue weighted by Gasteiger charge is 2.19. The Hall–Kier alpha value is -7.37. The van der Waals surface area contributed by atoms with E-state index in [4.69, 9.17) is 19.4 Å². The monoisotopic (exact) mass is 690 g/mol. The molecule has 0 spiro atoms. The molecule has 4 heterocycles. The SMILES string of the molecule is c1ccc(-c2cc(-c3ccc(-c4ccc(-c5ccc6oc7c(c6c5)c5ccccc5c5nc6ccccc6n57)cc4)cc3)nc(-c3ccccc3)n2)cc1. The maximum Gasteiger partial charge on any atom is 0.215 e. The summed E-state index contributed by atoms with van der Waals surface area (Å²) in [6, 6.07) is 63.2. The minimum atomic E-state index is 0.713. The van der Waals surface area contributed by atoms with Crippen molar-refractivity contribution in [2.45, 2.75) is 0 Å². The normalized spacial score (nSPS) is 11.7. The second-order valence-corrected chi connectivity index (χ2v) is 13.6. The van der Waals surface area contributed by atoms with Crippen molar-refractivity contribution in [1.29, 1.82) is 0 Å². The van der Waals surface area contributed by atoms with E-state index in [1.165, 1.54) is 0 Å². The van der Waals surface area contributed by atoms with E-state index in [1.807, 2.05) is 42.5 Å². The lowest BCUT2D eigenvalue weighted by atomic mass is 9.97. The van der Waals surface area contributed by atoms with Crippen molar-refractivity contribution in [2.75, 3.05) is 0 Å². The van der Waals surface area contributed by atoms with Crippen LogP contribution in [-0.4, -0.2) is 19.4 Å². The van der Waals surface area contributed by atoms with Crippen molar-refractivity contribution in [3.63, 3.8) is 0 Å². The number of hydrogen-bond donors (Lipinski definition) is 0. The first-order valence-electron chi connectivity index (χ1n) is 18.1. The third kappa shape index (κ3) is 4.90. The Morgan fingerprint density at radius 1 is 0.389 bits per heavy atom. The Bertz CT molecular complexity index is 3120. The van der Waals surface area contributed by atoms with Crippen molar-refractivity contribution < 1.29 is 4.42 Å². The first-order valence-corrected chi connectivity index (χ1v) is 18.1. The second-order valence-electron chi connectivity index (χ2n) is 13.6. The van der Waals surface area contributed by atoms with Gasteiger partial charge >= 0.3 is 0 Å². The fourth-order valence-electron chi connectivity index (χ4n) is 7.75. The van der Waals surface area contributed by atoms with E-state index in [-0.39, 0.29) is 0 Å². The minimum absolute atomic E-state index is 0.713. The molecule has 0 radical (unpaired) electrons. The summed E-state index contributed by atoms with van der Waals surface area (Å²) in [7, 11) is 0. The second kappa shape index (κ2) is 12.1. The number of rotatable bonds is 5. The van der Waals surface area contributed by atoms with Crippen molar-refractivity contribution in [3.05, 3.63) is 182 Å². The van der Waals surface area contributed by atoms with Crippen LogP contribution in [0.4, 0.5) is 0 Å². The van der Waals surface area contributed by atoms with Gasteiger partial charge in [-0.1, -0.05) is 152 Å². The fourth-order valence-corrected chi connectivity index (χ4v) is 7.75. The maximum absolute atomic E-state index is 6.62. The molecule has 5 heteroatoms. The largest absolute Gasteiger partial charge is 0.439 e. The zero-order chi connectivity index (χ0) is 35.6. The number of furan rings is 1. The predicted molar refractivity (Wildman–Crippen MR) is 220 cm³/mol. The summed E-state index contributed by atoms with van der Waals surface area (Å²) in [5.41, 5.74) is 14.0.